The lowest BCUT2D eigenvalue weighted by Crippen LogP contribution is -2.22. The van der Waals surface area contributed by atoms with Crippen LogP contribution < -0.4 is 0 Å². The second-order valence-electron chi connectivity index (χ2n) is 5.97. The molecule has 0 spiro atoms. The number of carbonyl (C=O) groups is 2. The molecule has 0 aliphatic carbocycles. The summed E-state index contributed by atoms with van der Waals surface area (Å²) in [6, 6.07) is 1.49. The van der Waals surface area contributed by atoms with Crippen LogP contribution in [0.1, 0.15) is 53.1 Å². The first-order valence-corrected chi connectivity index (χ1v) is 7.00. The molecule has 0 aromatic carbocycles. The summed E-state index contributed by atoms with van der Waals surface area (Å²) in [5, 5.41) is 7.69. The summed E-state index contributed by atoms with van der Waals surface area (Å²) in [6.07, 6.45) is 1.52. The highest BCUT2D eigenvalue weighted by Crippen LogP contribution is 2.17. The minimum Gasteiger partial charge on any atom is -0.465 e. The molecule has 0 bridgehead atoms. The van der Waals surface area contributed by atoms with Crippen molar-refractivity contribution in [1.29, 1.82) is 0 Å². The van der Waals surface area contributed by atoms with Crippen molar-refractivity contribution in [3.05, 3.63) is 35.0 Å². The van der Waals surface area contributed by atoms with E-state index in [2.05, 4.69) is 15.0 Å². The van der Waals surface area contributed by atoms with Crippen molar-refractivity contribution < 1.29 is 23.5 Å². The van der Waals surface area contributed by atoms with E-state index >= 15 is 0 Å². The molecule has 0 saturated heterocycles. The third-order valence-corrected chi connectivity index (χ3v) is 3.11. The van der Waals surface area contributed by atoms with Gasteiger partial charge >= 0.3 is 11.9 Å². The topological polar surface area (TPSA) is 96.5 Å². The lowest BCUT2D eigenvalue weighted by molar-refractivity contribution is 0.0436. The van der Waals surface area contributed by atoms with Crippen LogP contribution in [-0.2, 0) is 21.6 Å². The Morgan fingerprint density at radius 1 is 1.30 bits per heavy atom. The van der Waals surface area contributed by atoms with Gasteiger partial charge in [0.15, 0.2) is 5.69 Å². The lowest BCUT2D eigenvalue weighted by Gasteiger charge is -2.17. The predicted octanol–water partition coefficient (Wildman–Crippen LogP) is 2.08. The Balaban J connectivity index is 2.02. The summed E-state index contributed by atoms with van der Waals surface area (Å²) in [6.45, 7) is 7.34. The summed E-state index contributed by atoms with van der Waals surface area (Å²) < 4.78 is 16.7. The standard InChI is InChI=1S/C15H19N3O5/c1-9-11(13(19)21-5)6-10(23-9)8-22-14(20)12-7-18(17-16-12)15(2,3)4/h6-7H,8H2,1-5H3. The third-order valence-electron chi connectivity index (χ3n) is 3.11. The van der Waals surface area contributed by atoms with E-state index in [1.165, 1.54) is 19.4 Å². The van der Waals surface area contributed by atoms with Crippen molar-refractivity contribution in [2.75, 3.05) is 7.11 Å². The van der Waals surface area contributed by atoms with Gasteiger partial charge in [-0.1, -0.05) is 5.21 Å². The minimum atomic E-state index is -0.617. The molecule has 2 heterocycles. The first-order valence-electron chi connectivity index (χ1n) is 7.00. The Morgan fingerprint density at radius 2 is 2.00 bits per heavy atom. The number of esters is 2. The molecule has 0 aliphatic heterocycles. The van der Waals surface area contributed by atoms with Gasteiger partial charge in [-0.15, -0.1) is 5.10 Å². The average Bonchev–Trinajstić information content (AvgIpc) is 3.10. The Bertz CT molecular complexity index is 724. The van der Waals surface area contributed by atoms with Crippen molar-refractivity contribution in [3.63, 3.8) is 0 Å². The van der Waals surface area contributed by atoms with Crippen molar-refractivity contribution in [1.82, 2.24) is 15.0 Å². The van der Waals surface area contributed by atoms with Gasteiger partial charge in [0.1, 0.15) is 23.7 Å². The zero-order chi connectivity index (χ0) is 17.2. The number of hydrogen-bond donors (Lipinski definition) is 0. The van der Waals surface area contributed by atoms with E-state index in [0.29, 0.717) is 17.1 Å². The van der Waals surface area contributed by atoms with Crippen molar-refractivity contribution >= 4 is 11.9 Å². The number of rotatable bonds is 4. The second-order valence-corrected chi connectivity index (χ2v) is 5.97. The number of aryl methyl sites for hydroxylation is 1. The molecule has 2 aromatic heterocycles. The van der Waals surface area contributed by atoms with E-state index in [-0.39, 0.29) is 17.8 Å². The molecule has 0 saturated carbocycles. The molecule has 23 heavy (non-hydrogen) atoms. The molecular weight excluding hydrogens is 302 g/mol. The number of methoxy groups -OCH3 is 1. The van der Waals surface area contributed by atoms with Crippen LogP contribution in [0.15, 0.2) is 16.7 Å². The maximum atomic E-state index is 12.0. The van der Waals surface area contributed by atoms with E-state index < -0.39 is 11.9 Å². The molecule has 0 aliphatic rings. The summed E-state index contributed by atoms with van der Waals surface area (Å²) in [5.41, 5.74) is 0.132. The van der Waals surface area contributed by atoms with E-state index in [4.69, 9.17) is 9.15 Å². The van der Waals surface area contributed by atoms with E-state index in [1.54, 1.807) is 11.6 Å². The molecule has 0 atom stereocenters. The molecule has 2 rings (SSSR count). The fourth-order valence-electron chi connectivity index (χ4n) is 1.82. The molecular formula is C15H19N3O5. The molecule has 8 nitrogen and oxygen atoms in total. The van der Waals surface area contributed by atoms with Crippen LogP contribution in [0.4, 0.5) is 0 Å². The van der Waals surface area contributed by atoms with Gasteiger partial charge in [-0.3, -0.25) is 0 Å². The number of furan rings is 1. The molecule has 0 N–H and O–H groups in total. The quantitative estimate of drug-likeness (QED) is 0.795. The fourth-order valence-corrected chi connectivity index (χ4v) is 1.82. The van der Waals surface area contributed by atoms with Crippen molar-refractivity contribution in [2.45, 2.75) is 39.8 Å². The van der Waals surface area contributed by atoms with Gasteiger partial charge in [0.2, 0.25) is 0 Å². The average molecular weight is 321 g/mol. The molecule has 0 amide bonds. The SMILES string of the molecule is COC(=O)c1cc(COC(=O)c2cn(C(C)(C)C)nn2)oc1C. The van der Waals surface area contributed by atoms with Crippen LogP contribution in [-0.4, -0.2) is 34.0 Å². The Hall–Kier alpha value is -2.64. The third kappa shape index (κ3) is 3.77. The number of hydrogen-bond acceptors (Lipinski definition) is 7. The van der Waals surface area contributed by atoms with Gasteiger partial charge in [-0.2, -0.15) is 0 Å². The predicted molar refractivity (Wildman–Crippen MR) is 78.9 cm³/mol. The van der Waals surface area contributed by atoms with Gasteiger partial charge in [0, 0.05) is 0 Å². The van der Waals surface area contributed by atoms with Gasteiger partial charge in [-0.05, 0) is 33.8 Å². The fraction of sp³-hybridized carbons (Fsp3) is 0.467. The molecule has 8 heteroatoms. The number of carbonyl (C=O) groups excluding carboxylic acids is 2. The molecule has 0 radical (unpaired) electrons. The van der Waals surface area contributed by atoms with Gasteiger partial charge in [0.05, 0.1) is 18.8 Å². The minimum absolute atomic E-state index is 0.108. The largest absolute Gasteiger partial charge is 0.465 e. The highest BCUT2D eigenvalue weighted by Gasteiger charge is 2.20. The van der Waals surface area contributed by atoms with Gasteiger partial charge in [0.25, 0.3) is 0 Å². The van der Waals surface area contributed by atoms with E-state index in [9.17, 15) is 9.59 Å². The monoisotopic (exact) mass is 321 g/mol. The van der Waals surface area contributed by atoms with Gasteiger partial charge < -0.3 is 13.9 Å². The Morgan fingerprint density at radius 3 is 2.57 bits per heavy atom. The van der Waals surface area contributed by atoms with Crippen molar-refractivity contribution in [2.24, 2.45) is 0 Å². The highest BCUT2D eigenvalue weighted by molar-refractivity contribution is 5.90. The molecule has 0 fully saturated rings. The Labute approximate surface area is 133 Å². The van der Waals surface area contributed by atoms with Crippen molar-refractivity contribution in [3.8, 4) is 0 Å². The number of aromatic nitrogens is 3. The molecule has 0 unspecified atom stereocenters. The smallest absolute Gasteiger partial charge is 0.360 e. The van der Waals surface area contributed by atoms with Crippen LogP contribution in [0.2, 0.25) is 0 Å². The normalized spacial score (nSPS) is 11.3. The first-order chi connectivity index (χ1) is 10.7. The van der Waals surface area contributed by atoms with E-state index in [1.807, 2.05) is 20.8 Å². The maximum absolute atomic E-state index is 12.0. The summed E-state index contributed by atoms with van der Waals surface area (Å²) >= 11 is 0. The Kier molecular flexibility index (Phi) is 4.53. The summed E-state index contributed by atoms with van der Waals surface area (Å²) in [4.78, 5) is 23.5. The summed E-state index contributed by atoms with van der Waals surface area (Å²) in [7, 11) is 1.28. The van der Waals surface area contributed by atoms with Crippen LogP contribution in [0, 0.1) is 6.92 Å². The van der Waals surface area contributed by atoms with Crippen LogP contribution in [0.5, 0.6) is 0 Å². The number of nitrogens with zero attached hydrogens (tertiary/aromatic N) is 3. The second kappa shape index (κ2) is 6.23. The zero-order valence-corrected chi connectivity index (χ0v) is 13.7. The zero-order valence-electron chi connectivity index (χ0n) is 13.7. The lowest BCUT2D eigenvalue weighted by atomic mass is 10.1. The maximum Gasteiger partial charge on any atom is 0.360 e. The van der Waals surface area contributed by atoms with Crippen LogP contribution >= 0.6 is 0 Å². The molecule has 2 aromatic rings. The van der Waals surface area contributed by atoms with Crippen LogP contribution in [0.25, 0.3) is 0 Å². The number of ether oxygens (including phenoxy) is 2. The molecule has 124 valence electrons. The van der Waals surface area contributed by atoms with Gasteiger partial charge in [-0.25, -0.2) is 14.3 Å². The first kappa shape index (κ1) is 16.7. The highest BCUT2D eigenvalue weighted by atomic mass is 16.5. The van der Waals surface area contributed by atoms with Crippen LogP contribution in [0.3, 0.4) is 0 Å². The summed E-state index contributed by atoms with van der Waals surface area (Å²) in [5.74, 6) is -0.368. The van der Waals surface area contributed by atoms with E-state index in [0.717, 1.165) is 0 Å².